The molecule has 136 valence electrons. The van der Waals surface area contributed by atoms with E-state index in [9.17, 15) is 9.59 Å². The van der Waals surface area contributed by atoms with Crippen LogP contribution in [-0.4, -0.2) is 16.7 Å². The highest BCUT2D eigenvalue weighted by molar-refractivity contribution is 5.95. The van der Waals surface area contributed by atoms with Crippen LogP contribution in [0.2, 0.25) is 0 Å². The number of hydrogen-bond donors (Lipinski definition) is 2. The molecule has 0 unspecified atom stereocenters. The van der Waals surface area contributed by atoms with Gasteiger partial charge in [-0.3, -0.25) is 9.59 Å². The number of hydrogen-bond acceptors (Lipinski definition) is 4. The number of nitrogens with zero attached hydrogens (tertiary/aromatic N) is 1. The van der Waals surface area contributed by atoms with Crippen LogP contribution in [0.1, 0.15) is 29.3 Å². The molecule has 0 atom stereocenters. The fraction of sp³-hybridized carbons (Fsp3) is 0.136. The summed E-state index contributed by atoms with van der Waals surface area (Å²) in [5.74, 6) is 0.605. The topological polar surface area (TPSA) is 71.1 Å². The first-order chi connectivity index (χ1) is 13.1. The van der Waals surface area contributed by atoms with Gasteiger partial charge in [0.1, 0.15) is 5.82 Å². The number of rotatable bonds is 7. The van der Waals surface area contributed by atoms with E-state index in [0.29, 0.717) is 29.9 Å². The van der Waals surface area contributed by atoms with E-state index in [1.807, 2.05) is 42.5 Å². The summed E-state index contributed by atoms with van der Waals surface area (Å²) in [6, 6.07) is 20.7. The highest BCUT2D eigenvalue weighted by atomic mass is 16.1. The van der Waals surface area contributed by atoms with Crippen LogP contribution >= 0.6 is 0 Å². The van der Waals surface area contributed by atoms with Crippen molar-refractivity contribution in [2.75, 3.05) is 10.6 Å². The minimum Gasteiger partial charge on any atom is -0.340 e. The Bertz CT molecular complexity index is 922. The lowest BCUT2D eigenvalue weighted by Crippen LogP contribution is -2.12. The lowest BCUT2D eigenvalue weighted by atomic mass is 10.1. The Morgan fingerprint density at radius 1 is 0.926 bits per heavy atom. The lowest BCUT2D eigenvalue weighted by molar-refractivity contribution is -0.116. The van der Waals surface area contributed by atoms with Gasteiger partial charge in [-0.05, 0) is 43.2 Å². The van der Waals surface area contributed by atoms with Crippen molar-refractivity contribution in [3.63, 3.8) is 0 Å². The molecular weight excluding hydrogens is 338 g/mol. The minimum absolute atomic E-state index is 0.0140. The van der Waals surface area contributed by atoms with Crippen LogP contribution in [0.3, 0.4) is 0 Å². The van der Waals surface area contributed by atoms with Crippen molar-refractivity contribution in [3.05, 3.63) is 84.1 Å². The van der Waals surface area contributed by atoms with Gasteiger partial charge in [-0.1, -0.05) is 42.5 Å². The van der Waals surface area contributed by atoms with Crippen LogP contribution in [0.5, 0.6) is 0 Å². The summed E-state index contributed by atoms with van der Waals surface area (Å²) in [5.41, 5.74) is 3.21. The van der Waals surface area contributed by atoms with Crippen LogP contribution < -0.4 is 10.6 Å². The second kappa shape index (κ2) is 8.76. The summed E-state index contributed by atoms with van der Waals surface area (Å²) in [6.07, 6.45) is 2.73. The first-order valence-corrected chi connectivity index (χ1v) is 8.78. The van der Waals surface area contributed by atoms with Crippen molar-refractivity contribution in [2.45, 2.75) is 19.8 Å². The predicted octanol–water partition coefficient (Wildman–Crippen LogP) is 4.60. The maximum Gasteiger partial charge on any atom is 0.224 e. The van der Waals surface area contributed by atoms with Gasteiger partial charge >= 0.3 is 0 Å². The van der Waals surface area contributed by atoms with E-state index in [0.717, 1.165) is 11.3 Å². The third-order valence-corrected chi connectivity index (χ3v) is 4.07. The molecule has 0 aliphatic heterocycles. The third kappa shape index (κ3) is 5.51. The average Bonchev–Trinajstić information content (AvgIpc) is 2.69. The number of pyridine rings is 1. The van der Waals surface area contributed by atoms with Gasteiger partial charge in [0, 0.05) is 17.7 Å². The van der Waals surface area contributed by atoms with E-state index in [4.69, 9.17) is 0 Å². The van der Waals surface area contributed by atoms with E-state index in [-0.39, 0.29) is 11.7 Å². The zero-order valence-electron chi connectivity index (χ0n) is 15.1. The Labute approximate surface area is 158 Å². The molecule has 5 heteroatoms. The molecule has 0 radical (unpaired) electrons. The van der Waals surface area contributed by atoms with Gasteiger partial charge in [0.25, 0.3) is 0 Å². The molecule has 5 nitrogen and oxygen atoms in total. The Balaban J connectivity index is 1.54. The SMILES string of the molecule is CC(=O)c1cccc(Nc2ccc(NC(=O)CCc3ccccc3)cn2)c1. The molecule has 0 bridgehead atoms. The molecule has 2 N–H and O–H groups in total. The molecule has 0 saturated carbocycles. The van der Waals surface area contributed by atoms with Crippen molar-refractivity contribution in [2.24, 2.45) is 0 Å². The summed E-state index contributed by atoms with van der Waals surface area (Å²) in [5, 5.41) is 6.00. The van der Waals surface area contributed by atoms with Crippen LogP contribution in [0, 0.1) is 0 Å². The number of benzene rings is 2. The maximum atomic E-state index is 12.1. The fourth-order valence-electron chi connectivity index (χ4n) is 2.63. The van der Waals surface area contributed by atoms with Gasteiger partial charge in [-0.15, -0.1) is 0 Å². The number of ketones is 1. The predicted molar refractivity (Wildman–Crippen MR) is 107 cm³/mol. The van der Waals surface area contributed by atoms with Gasteiger partial charge < -0.3 is 10.6 Å². The summed E-state index contributed by atoms with van der Waals surface area (Å²) in [6.45, 7) is 1.53. The molecule has 1 aromatic heterocycles. The molecule has 3 aromatic rings. The number of aromatic nitrogens is 1. The van der Waals surface area contributed by atoms with Gasteiger partial charge in [0.15, 0.2) is 5.78 Å². The molecule has 2 aromatic carbocycles. The number of amides is 1. The quantitative estimate of drug-likeness (QED) is 0.605. The van der Waals surface area contributed by atoms with Gasteiger partial charge in [-0.2, -0.15) is 0 Å². The first kappa shape index (κ1) is 18.3. The van der Waals surface area contributed by atoms with Crippen LogP contribution in [0.25, 0.3) is 0 Å². The van der Waals surface area contributed by atoms with Crippen LogP contribution in [-0.2, 0) is 11.2 Å². The molecule has 0 aliphatic rings. The molecule has 3 rings (SSSR count). The number of carbonyl (C=O) groups is 2. The standard InChI is InChI=1S/C22H21N3O2/c1-16(26)18-8-5-9-19(14-18)24-21-12-11-20(15-23-21)25-22(27)13-10-17-6-3-2-4-7-17/h2-9,11-12,14-15H,10,13H2,1H3,(H,23,24)(H,25,27). The van der Waals surface area contributed by atoms with Crippen molar-refractivity contribution in [1.29, 1.82) is 0 Å². The Morgan fingerprint density at radius 3 is 2.44 bits per heavy atom. The van der Waals surface area contributed by atoms with Crippen molar-refractivity contribution >= 4 is 28.9 Å². The molecule has 0 saturated heterocycles. The molecule has 0 fully saturated rings. The Hall–Kier alpha value is -3.47. The van der Waals surface area contributed by atoms with Crippen LogP contribution in [0.4, 0.5) is 17.2 Å². The van der Waals surface area contributed by atoms with Gasteiger partial charge in [0.2, 0.25) is 5.91 Å². The molecule has 1 heterocycles. The summed E-state index contributed by atoms with van der Waals surface area (Å²) in [4.78, 5) is 27.8. The minimum atomic E-state index is -0.0458. The molecule has 1 amide bonds. The van der Waals surface area contributed by atoms with Crippen molar-refractivity contribution < 1.29 is 9.59 Å². The molecule has 27 heavy (non-hydrogen) atoms. The summed E-state index contributed by atoms with van der Waals surface area (Å²) >= 11 is 0. The number of nitrogens with one attached hydrogen (secondary N) is 2. The summed E-state index contributed by atoms with van der Waals surface area (Å²) in [7, 11) is 0. The molecule has 0 aliphatic carbocycles. The second-order valence-electron chi connectivity index (χ2n) is 6.23. The van der Waals surface area contributed by atoms with E-state index >= 15 is 0 Å². The third-order valence-electron chi connectivity index (χ3n) is 4.07. The average molecular weight is 359 g/mol. The summed E-state index contributed by atoms with van der Waals surface area (Å²) < 4.78 is 0. The van der Waals surface area contributed by atoms with E-state index in [1.165, 1.54) is 6.92 Å². The van der Waals surface area contributed by atoms with Crippen LogP contribution in [0.15, 0.2) is 72.9 Å². The van der Waals surface area contributed by atoms with E-state index in [1.54, 1.807) is 30.5 Å². The second-order valence-corrected chi connectivity index (χ2v) is 6.23. The smallest absolute Gasteiger partial charge is 0.224 e. The molecular formula is C22H21N3O2. The first-order valence-electron chi connectivity index (χ1n) is 8.78. The number of carbonyl (C=O) groups excluding carboxylic acids is 2. The number of aryl methyl sites for hydroxylation is 1. The Morgan fingerprint density at radius 2 is 1.74 bits per heavy atom. The molecule has 0 spiro atoms. The van der Waals surface area contributed by atoms with Crippen molar-refractivity contribution in [3.8, 4) is 0 Å². The van der Waals surface area contributed by atoms with Crippen molar-refractivity contribution in [1.82, 2.24) is 4.98 Å². The zero-order chi connectivity index (χ0) is 19.1. The monoisotopic (exact) mass is 359 g/mol. The zero-order valence-corrected chi connectivity index (χ0v) is 15.1. The fourth-order valence-corrected chi connectivity index (χ4v) is 2.63. The highest BCUT2D eigenvalue weighted by Crippen LogP contribution is 2.18. The maximum absolute atomic E-state index is 12.1. The number of Topliss-reactive ketones (excluding diaryl/α,β-unsaturated/α-hetero) is 1. The number of anilines is 3. The Kier molecular flexibility index (Phi) is 5.94. The largest absolute Gasteiger partial charge is 0.340 e. The van der Waals surface area contributed by atoms with E-state index < -0.39 is 0 Å². The van der Waals surface area contributed by atoms with Gasteiger partial charge in [-0.25, -0.2) is 4.98 Å². The van der Waals surface area contributed by atoms with E-state index in [2.05, 4.69) is 15.6 Å². The normalized spacial score (nSPS) is 10.3. The lowest BCUT2D eigenvalue weighted by Gasteiger charge is -2.09. The highest BCUT2D eigenvalue weighted by Gasteiger charge is 2.05. The van der Waals surface area contributed by atoms with Gasteiger partial charge in [0.05, 0.1) is 11.9 Å².